The molecule has 7 rings (SSSR count). The van der Waals surface area contributed by atoms with Crippen LogP contribution < -0.4 is 10.2 Å². The number of piperazine rings is 1. The topological polar surface area (TPSA) is 55.9 Å². The Balaban J connectivity index is 0.953. The van der Waals surface area contributed by atoms with Gasteiger partial charge >= 0.3 is 0 Å². The van der Waals surface area contributed by atoms with Gasteiger partial charge in [-0.25, -0.2) is 0 Å². The Morgan fingerprint density at radius 1 is 0.946 bits per heavy atom. The lowest BCUT2D eigenvalue weighted by Gasteiger charge is -2.56. The highest BCUT2D eigenvalue weighted by Gasteiger charge is 2.56. The van der Waals surface area contributed by atoms with E-state index in [4.69, 9.17) is 23.2 Å². The monoisotopic (exact) mass is 546 g/mol. The van der Waals surface area contributed by atoms with Crippen LogP contribution >= 0.6 is 23.2 Å². The number of carbonyl (C=O) groups is 2. The third kappa shape index (κ3) is 5.10. The Kier molecular flexibility index (Phi) is 7.36. The van der Waals surface area contributed by atoms with Gasteiger partial charge in [-0.05, 0) is 94.2 Å². The average Bonchev–Trinajstić information content (AvgIpc) is 3.37. The molecule has 0 radical (unpaired) electrons. The summed E-state index contributed by atoms with van der Waals surface area (Å²) in [6.07, 6.45) is 9.87. The number of hydrogen-bond donors (Lipinski definition) is 1. The molecule has 202 valence electrons. The van der Waals surface area contributed by atoms with Gasteiger partial charge in [0.1, 0.15) is 6.04 Å². The lowest BCUT2D eigenvalue weighted by Crippen LogP contribution is -2.57. The molecule has 1 atom stereocenters. The summed E-state index contributed by atoms with van der Waals surface area (Å²) in [6, 6.07) is 5.52. The van der Waals surface area contributed by atoms with Crippen LogP contribution in [0.15, 0.2) is 18.2 Å². The number of halogens is 2. The standard InChI is InChI=1S/C29H40Cl2N4O2/c30-23-4-1-5-24(26(23)31)34-12-10-33(11-13-34)8-3-7-32-27(36)25-6-2-9-35(25)28(37)29-17-20-14-21(18-29)16-22(15-20)19-29/h1,4-5,20-22,25H,2-3,6-19H2,(H,32,36). The van der Waals surface area contributed by atoms with Gasteiger partial charge in [-0.1, -0.05) is 29.3 Å². The second-order valence-corrected chi connectivity index (χ2v) is 13.2. The van der Waals surface area contributed by atoms with E-state index in [0.29, 0.717) is 22.5 Å². The van der Waals surface area contributed by atoms with Crippen LogP contribution in [-0.2, 0) is 9.59 Å². The third-order valence-electron chi connectivity index (χ3n) is 9.90. The van der Waals surface area contributed by atoms with Gasteiger partial charge in [0.25, 0.3) is 0 Å². The first-order valence-electron chi connectivity index (χ1n) is 14.4. The first kappa shape index (κ1) is 25.8. The van der Waals surface area contributed by atoms with Crippen molar-refractivity contribution < 1.29 is 9.59 Å². The number of likely N-dealkylation sites (tertiary alicyclic amines) is 1. The van der Waals surface area contributed by atoms with Crippen molar-refractivity contribution in [3.8, 4) is 0 Å². The first-order valence-corrected chi connectivity index (χ1v) is 15.2. The summed E-state index contributed by atoms with van der Waals surface area (Å²) in [5, 5.41) is 4.39. The Morgan fingerprint density at radius 3 is 2.30 bits per heavy atom. The second-order valence-electron chi connectivity index (χ2n) is 12.4. The second kappa shape index (κ2) is 10.6. The highest BCUT2D eigenvalue weighted by Crippen LogP contribution is 2.60. The quantitative estimate of drug-likeness (QED) is 0.497. The first-order chi connectivity index (χ1) is 17.9. The van der Waals surface area contributed by atoms with E-state index in [1.807, 2.05) is 23.1 Å². The van der Waals surface area contributed by atoms with Gasteiger partial charge in [-0.2, -0.15) is 0 Å². The fourth-order valence-corrected chi connectivity index (χ4v) is 8.96. The Morgan fingerprint density at radius 2 is 1.62 bits per heavy atom. The van der Waals surface area contributed by atoms with Crippen molar-refractivity contribution in [1.29, 1.82) is 0 Å². The maximum Gasteiger partial charge on any atom is 0.242 e. The van der Waals surface area contributed by atoms with E-state index in [9.17, 15) is 9.59 Å². The summed E-state index contributed by atoms with van der Waals surface area (Å²) in [5.74, 6) is 2.59. The summed E-state index contributed by atoms with van der Waals surface area (Å²) in [5.41, 5.74) is 0.847. The van der Waals surface area contributed by atoms with Crippen molar-refractivity contribution in [1.82, 2.24) is 15.1 Å². The molecule has 0 spiro atoms. The van der Waals surface area contributed by atoms with E-state index in [1.165, 1.54) is 19.3 Å². The van der Waals surface area contributed by atoms with Crippen molar-refractivity contribution in [2.45, 2.75) is 63.8 Å². The molecule has 1 N–H and O–H groups in total. The van der Waals surface area contributed by atoms with Crippen LogP contribution in [0.2, 0.25) is 10.0 Å². The normalized spacial score (nSPS) is 33.2. The molecule has 4 bridgehead atoms. The summed E-state index contributed by atoms with van der Waals surface area (Å²) in [4.78, 5) is 33.7. The molecule has 2 saturated heterocycles. The maximum atomic E-state index is 13.8. The van der Waals surface area contributed by atoms with Gasteiger partial charge in [-0.3, -0.25) is 14.5 Å². The zero-order valence-electron chi connectivity index (χ0n) is 21.8. The number of rotatable bonds is 7. The van der Waals surface area contributed by atoms with Crippen molar-refractivity contribution >= 4 is 40.7 Å². The van der Waals surface area contributed by atoms with Crippen LogP contribution in [0.25, 0.3) is 0 Å². The van der Waals surface area contributed by atoms with E-state index in [1.54, 1.807) is 0 Å². The van der Waals surface area contributed by atoms with Crippen LogP contribution in [0.5, 0.6) is 0 Å². The van der Waals surface area contributed by atoms with Gasteiger partial charge in [0.05, 0.1) is 21.1 Å². The number of hydrogen-bond acceptors (Lipinski definition) is 4. The molecule has 8 heteroatoms. The number of nitrogens with zero attached hydrogens (tertiary/aromatic N) is 3. The highest BCUT2D eigenvalue weighted by atomic mass is 35.5. The zero-order valence-corrected chi connectivity index (χ0v) is 23.3. The van der Waals surface area contributed by atoms with E-state index in [2.05, 4.69) is 15.1 Å². The molecule has 1 aromatic carbocycles. The molecule has 1 aromatic rings. The number of benzene rings is 1. The molecule has 1 unspecified atom stereocenters. The lowest BCUT2D eigenvalue weighted by atomic mass is 9.49. The zero-order chi connectivity index (χ0) is 25.6. The minimum absolute atomic E-state index is 0.0518. The summed E-state index contributed by atoms with van der Waals surface area (Å²) in [6.45, 7) is 6.12. The van der Waals surface area contributed by atoms with E-state index in [0.717, 1.165) is 101 Å². The predicted molar refractivity (Wildman–Crippen MR) is 148 cm³/mol. The number of anilines is 1. The smallest absolute Gasteiger partial charge is 0.242 e. The summed E-state index contributed by atoms with van der Waals surface area (Å²) < 4.78 is 0. The van der Waals surface area contributed by atoms with Crippen molar-refractivity contribution in [2.75, 3.05) is 50.7 Å². The Bertz CT molecular complexity index is 990. The van der Waals surface area contributed by atoms with Crippen molar-refractivity contribution in [3.05, 3.63) is 28.2 Å². The van der Waals surface area contributed by atoms with Crippen LogP contribution in [0.4, 0.5) is 5.69 Å². The molecule has 6 aliphatic rings. The van der Waals surface area contributed by atoms with Crippen LogP contribution in [0.3, 0.4) is 0 Å². The summed E-state index contributed by atoms with van der Waals surface area (Å²) >= 11 is 12.6. The molecule has 6 nitrogen and oxygen atoms in total. The fraction of sp³-hybridized carbons (Fsp3) is 0.724. The largest absolute Gasteiger partial charge is 0.368 e. The molecular formula is C29H40Cl2N4O2. The Labute approximate surface area is 231 Å². The minimum atomic E-state index is -0.272. The molecular weight excluding hydrogens is 507 g/mol. The molecule has 4 saturated carbocycles. The van der Waals surface area contributed by atoms with Crippen molar-refractivity contribution in [2.24, 2.45) is 23.2 Å². The fourth-order valence-electron chi connectivity index (χ4n) is 8.54. The van der Waals surface area contributed by atoms with Gasteiger partial charge in [0.2, 0.25) is 11.8 Å². The SMILES string of the molecule is O=C(NCCCN1CCN(c2cccc(Cl)c2Cl)CC1)C1CCCN1C(=O)C12CC3CC(CC(C3)C1)C2. The predicted octanol–water partition coefficient (Wildman–Crippen LogP) is 4.83. The molecule has 2 heterocycles. The summed E-state index contributed by atoms with van der Waals surface area (Å²) in [7, 11) is 0. The molecule has 6 fully saturated rings. The molecule has 4 aliphatic carbocycles. The van der Waals surface area contributed by atoms with Crippen LogP contribution in [0, 0.1) is 23.2 Å². The molecule has 2 aliphatic heterocycles. The van der Waals surface area contributed by atoms with E-state index in [-0.39, 0.29) is 17.4 Å². The van der Waals surface area contributed by atoms with Gasteiger partial charge < -0.3 is 15.1 Å². The average molecular weight is 548 g/mol. The van der Waals surface area contributed by atoms with E-state index >= 15 is 0 Å². The number of carbonyl (C=O) groups excluding carboxylic acids is 2. The number of amides is 2. The lowest BCUT2D eigenvalue weighted by molar-refractivity contribution is -0.160. The van der Waals surface area contributed by atoms with Crippen molar-refractivity contribution in [3.63, 3.8) is 0 Å². The van der Waals surface area contributed by atoms with Gasteiger partial charge in [-0.15, -0.1) is 0 Å². The highest BCUT2D eigenvalue weighted by molar-refractivity contribution is 6.43. The third-order valence-corrected chi connectivity index (χ3v) is 10.7. The van der Waals surface area contributed by atoms with E-state index < -0.39 is 0 Å². The molecule has 2 amide bonds. The minimum Gasteiger partial charge on any atom is -0.368 e. The van der Waals surface area contributed by atoms with Crippen LogP contribution in [-0.4, -0.2) is 73.5 Å². The van der Waals surface area contributed by atoms with Gasteiger partial charge in [0, 0.05) is 39.3 Å². The number of nitrogens with one attached hydrogen (secondary N) is 1. The molecule has 37 heavy (non-hydrogen) atoms. The molecule has 0 aromatic heterocycles. The van der Waals surface area contributed by atoms with Crippen LogP contribution in [0.1, 0.15) is 57.8 Å². The van der Waals surface area contributed by atoms with Gasteiger partial charge in [0.15, 0.2) is 0 Å². The Hall–Kier alpha value is -1.50. The maximum absolute atomic E-state index is 13.8.